The summed E-state index contributed by atoms with van der Waals surface area (Å²) in [5.74, 6) is 0. The van der Waals surface area contributed by atoms with E-state index in [1.54, 1.807) is 11.3 Å². The van der Waals surface area contributed by atoms with E-state index in [1.165, 1.54) is 16.0 Å². The Morgan fingerprint density at radius 2 is 2.31 bits per heavy atom. The van der Waals surface area contributed by atoms with Crippen molar-refractivity contribution in [2.45, 2.75) is 26.4 Å². The van der Waals surface area contributed by atoms with Gasteiger partial charge in [-0.05, 0) is 42.5 Å². The Labute approximate surface area is 100 Å². The van der Waals surface area contributed by atoms with E-state index in [4.69, 9.17) is 0 Å². The number of nitrogens with one attached hydrogen (secondary N) is 1. The number of hydrogen-bond donors (Lipinski definition) is 1. The molecule has 0 aromatic carbocycles. The second-order valence-electron chi connectivity index (χ2n) is 3.92. The van der Waals surface area contributed by atoms with Crippen molar-refractivity contribution in [2.24, 2.45) is 0 Å². The molecule has 0 amide bonds. The molecule has 0 bridgehead atoms. The molecule has 2 heterocycles. The highest BCUT2D eigenvalue weighted by atomic mass is 32.1. The van der Waals surface area contributed by atoms with Gasteiger partial charge >= 0.3 is 0 Å². The fourth-order valence-electron chi connectivity index (χ4n) is 1.58. The van der Waals surface area contributed by atoms with Crippen LogP contribution in [0.3, 0.4) is 0 Å². The van der Waals surface area contributed by atoms with Gasteiger partial charge in [0, 0.05) is 29.9 Å². The lowest BCUT2D eigenvalue weighted by atomic mass is 10.1. The number of rotatable bonds is 4. The molecule has 0 radical (unpaired) electrons. The van der Waals surface area contributed by atoms with E-state index in [9.17, 15) is 0 Å². The highest BCUT2D eigenvalue weighted by Gasteiger charge is 2.06. The van der Waals surface area contributed by atoms with Gasteiger partial charge in [0.05, 0.1) is 0 Å². The van der Waals surface area contributed by atoms with Gasteiger partial charge in [-0.25, -0.2) is 0 Å². The van der Waals surface area contributed by atoms with Gasteiger partial charge in [-0.15, -0.1) is 11.3 Å². The summed E-state index contributed by atoms with van der Waals surface area (Å²) < 4.78 is 0. The third-order valence-corrected chi connectivity index (χ3v) is 3.77. The van der Waals surface area contributed by atoms with Crippen LogP contribution in [0.1, 0.15) is 29.0 Å². The van der Waals surface area contributed by atoms with Gasteiger partial charge in [0.2, 0.25) is 0 Å². The van der Waals surface area contributed by atoms with Crippen molar-refractivity contribution in [3.63, 3.8) is 0 Å². The van der Waals surface area contributed by atoms with E-state index in [1.807, 2.05) is 18.5 Å². The Kier molecular flexibility index (Phi) is 3.70. The van der Waals surface area contributed by atoms with Crippen molar-refractivity contribution < 1.29 is 0 Å². The summed E-state index contributed by atoms with van der Waals surface area (Å²) in [7, 11) is 0. The Bertz CT molecular complexity index is 437. The number of thiophene rings is 1. The van der Waals surface area contributed by atoms with Crippen LogP contribution in [-0.2, 0) is 6.54 Å². The van der Waals surface area contributed by atoms with Crippen molar-refractivity contribution in [3.8, 4) is 0 Å². The third kappa shape index (κ3) is 2.68. The summed E-state index contributed by atoms with van der Waals surface area (Å²) in [5.41, 5.74) is 2.56. The van der Waals surface area contributed by atoms with Crippen molar-refractivity contribution in [2.75, 3.05) is 0 Å². The Hall–Kier alpha value is -1.19. The van der Waals surface area contributed by atoms with Crippen molar-refractivity contribution in [1.82, 2.24) is 10.3 Å². The average Bonchev–Trinajstić information content (AvgIpc) is 2.81. The highest BCUT2D eigenvalue weighted by molar-refractivity contribution is 7.10. The molecule has 0 fully saturated rings. The van der Waals surface area contributed by atoms with Crippen LogP contribution < -0.4 is 5.32 Å². The van der Waals surface area contributed by atoms with E-state index in [-0.39, 0.29) is 0 Å². The van der Waals surface area contributed by atoms with E-state index in [0.29, 0.717) is 6.04 Å². The minimum absolute atomic E-state index is 0.402. The lowest BCUT2D eigenvalue weighted by Gasteiger charge is -2.13. The molecule has 0 aliphatic carbocycles. The molecule has 0 unspecified atom stereocenters. The smallest absolute Gasteiger partial charge is 0.0388 e. The molecule has 0 spiro atoms. The van der Waals surface area contributed by atoms with Gasteiger partial charge in [-0.1, -0.05) is 6.07 Å². The van der Waals surface area contributed by atoms with Crippen molar-refractivity contribution in [3.05, 3.63) is 52.0 Å². The number of aryl methyl sites for hydroxylation is 1. The quantitative estimate of drug-likeness (QED) is 0.875. The first-order chi connectivity index (χ1) is 7.77. The Morgan fingerprint density at radius 3 is 3.00 bits per heavy atom. The largest absolute Gasteiger partial charge is 0.305 e. The summed E-state index contributed by atoms with van der Waals surface area (Å²) in [4.78, 5) is 5.53. The summed E-state index contributed by atoms with van der Waals surface area (Å²) >= 11 is 1.79. The van der Waals surface area contributed by atoms with Crippen LogP contribution in [-0.4, -0.2) is 4.98 Å². The van der Waals surface area contributed by atoms with Gasteiger partial charge in [-0.3, -0.25) is 4.98 Å². The maximum Gasteiger partial charge on any atom is 0.0388 e. The molecule has 3 heteroatoms. The van der Waals surface area contributed by atoms with Gasteiger partial charge < -0.3 is 5.32 Å². The second-order valence-corrected chi connectivity index (χ2v) is 4.90. The predicted octanol–water partition coefficient (Wildman–Crippen LogP) is 3.30. The van der Waals surface area contributed by atoms with E-state index in [0.717, 1.165) is 6.54 Å². The zero-order valence-corrected chi connectivity index (χ0v) is 10.4. The minimum atomic E-state index is 0.402. The normalized spacial score (nSPS) is 12.6. The number of aromatic nitrogens is 1. The zero-order chi connectivity index (χ0) is 11.4. The molecule has 2 aromatic heterocycles. The fourth-order valence-corrected chi connectivity index (χ4v) is 2.34. The maximum absolute atomic E-state index is 4.15. The van der Waals surface area contributed by atoms with Crippen LogP contribution in [0.2, 0.25) is 0 Å². The number of nitrogens with zero attached hydrogens (tertiary/aromatic N) is 1. The lowest BCUT2D eigenvalue weighted by molar-refractivity contribution is 0.580. The van der Waals surface area contributed by atoms with Crippen LogP contribution in [0.25, 0.3) is 0 Å². The van der Waals surface area contributed by atoms with Gasteiger partial charge in [0.25, 0.3) is 0 Å². The SMILES string of the molecule is Cc1ccncc1CN[C@H](C)c1cccs1. The zero-order valence-electron chi connectivity index (χ0n) is 9.60. The van der Waals surface area contributed by atoms with E-state index in [2.05, 4.69) is 41.7 Å². The molecule has 16 heavy (non-hydrogen) atoms. The molecule has 0 aliphatic heterocycles. The minimum Gasteiger partial charge on any atom is -0.305 e. The standard InChI is InChI=1S/C13H16N2S/c1-10-5-6-14-8-12(10)9-15-11(2)13-4-3-7-16-13/h3-8,11,15H,9H2,1-2H3/t11-/m1/s1. The second kappa shape index (κ2) is 5.23. The van der Waals surface area contributed by atoms with Crippen LogP contribution in [0.4, 0.5) is 0 Å². The van der Waals surface area contributed by atoms with Crippen molar-refractivity contribution in [1.29, 1.82) is 0 Å². The monoisotopic (exact) mass is 232 g/mol. The molecule has 1 N–H and O–H groups in total. The molecule has 84 valence electrons. The molecular formula is C13H16N2S. The van der Waals surface area contributed by atoms with Crippen LogP contribution in [0.15, 0.2) is 36.0 Å². The molecule has 2 rings (SSSR count). The molecule has 1 atom stereocenters. The van der Waals surface area contributed by atoms with Gasteiger partial charge in [0.15, 0.2) is 0 Å². The fraction of sp³-hybridized carbons (Fsp3) is 0.308. The summed E-state index contributed by atoms with van der Waals surface area (Å²) in [6.45, 7) is 5.19. The number of hydrogen-bond acceptors (Lipinski definition) is 3. The molecular weight excluding hydrogens is 216 g/mol. The summed E-state index contributed by atoms with van der Waals surface area (Å²) in [6, 6.07) is 6.71. The summed E-state index contributed by atoms with van der Waals surface area (Å²) in [5, 5.41) is 5.63. The topological polar surface area (TPSA) is 24.9 Å². The molecule has 0 saturated carbocycles. The average molecular weight is 232 g/mol. The van der Waals surface area contributed by atoms with Crippen LogP contribution in [0.5, 0.6) is 0 Å². The molecule has 2 nitrogen and oxygen atoms in total. The van der Waals surface area contributed by atoms with Gasteiger partial charge in [0.1, 0.15) is 0 Å². The Balaban J connectivity index is 1.95. The predicted molar refractivity (Wildman–Crippen MR) is 68.5 cm³/mol. The van der Waals surface area contributed by atoms with Gasteiger partial charge in [-0.2, -0.15) is 0 Å². The van der Waals surface area contributed by atoms with Crippen molar-refractivity contribution >= 4 is 11.3 Å². The third-order valence-electron chi connectivity index (χ3n) is 2.72. The molecule has 2 aromatic rings. The van der Waals surface area contributed by atoms with Crippen LogP contribution >= 0.6 is 11.3 Å². The first-order valence-electron chi connectivity index (χ1n) is 5.43. The first-order valence-corrected chi connectivity index (χ1v) is 6.31. The molecule has 0 aliphatic rings. The highest BCUT2D eigenvalue weighted by Crippen LogP contribution is 2.18. The van der Waals surface area contributed by atoms with Crippen LogP contribution in [0, 0.1) is 6.92 Å². The van der Waals surface area contributed by atoms with E-state index < -0.39 is 0 Å². The Morgan fingerprint density at radius 1 is 1.44 bits per heavy atom. The maximum atomic E-state index is 4.15. The first kappa shape index (κ1) is 11.3. The summed E-state index contributed by atoms with van der Waals surface area (Å²) in [6.07, 6.45) is 3.77. The lowest BCUT2D eigenvalue weighted by Crippen LogP contribution is -2.17. The van der Waals surface area contributed by atoms with E-state index >= 15 is 0 Å². The molecule has 0 saturated heterocycles. The number of pyridine rings is 1.